The van der Waals surface area contributed by atoms with Gasteiger partial charge in [-0.25, -0.2) is 0 Å². The molecule has 0 aromatic heterocycles. The summed E-state index contributed by atoms with van der Waals surface area (Å²) in [7, 11) is 0. The van der Waals surface area contributed by atoms with E-state index in [0.29, 0.717) is 12.1 Å². The van der Waals surface area contributed by atoms with E-state index in [2.05, 4.69) is 29.4 Å². The Bertz CT molecular complexity index is 303. The first-order chi connectivity index (χ1) is 9.01. The molecule has 1 amide bonds. The number of hydrogen-bond donors (Lipinski definition) is 2. The number of piperidine rings is 2. The van der Waals surface area contributed by atoms with Crippen LogP contribution in [0.2, 0.25) is 0 Å². The average molecular weight is 267 g/mol. The van der Waals surface area contributed by atoms with E-state index in [1.54, 1.807) is 0 Å². The van der Waals surface area contributed by atoms with Crippen LogP contribution in [0.5, 0.6) is 0 Å². The molecule has 0 spiro atoms. The summed E-state index contributed by atoms with van der Waals surface area (Å²) in [6, 6.07) is 0.984. The standard InChI is InChI=1S/C15H29N3O/c1-12(2)18-10-6-13(7-11-18)17-14(19)15(3)8-4-5-9-16-15/h12-13,16H,4-11H2,1-3H3,(H,17,19). The van der Waals surface area contributed by atoms with Crippen LogP contribution in [0.25, 0.3) is 0 Å². The summed E-state index contributed by atoms with van der Waals surface area (Å²) in [6.07, 6.45) is 5.47. The lowest BCUT2D eigenvalue weighted by Gasteiger charge is -2.38. The van der Waals surface area contributed by atoms with Gasteiger partial charge in [0.05, 0.1) is 5.54 Å². The zero-order valence-corrected chi connectivity index (χ0v) is 12.7. The predicted octanol–water partition coefficient (Wildman–Crippen LogP) is 1.51. The molecule has 0 saturated carbocycles. The molecule has 0 radical (unpaired) electrons. The second kappa shape index (κ2) is 6.23. The van der Waals surface area contributed by atoms with E-state index in [0.717, 1.165) is 45.3 Å². The molecule has 0 aromatic carbocycles. The Balaban J connectivity index is 1.80. The summed E-state index contributed by atoms with van der Waals surface area (Å²) in [5.74, 6) is 0.204. The van der Waals surface area contributed by atoms with E-state index in [1.165, 1.54) is 6.42 Å². The molecule has 2 aliphatic heterocycles. The maximum atomic E-state index is 12.4. The highest BCUT2D eigenvalue weighted by molar-refractivity contribution is 5.86. The molecular weight excluding hydrogens is 238 g/mol. The van der Waals surface area contributed by atoms with Gasteiger partial charge in [0.1, 0.15) is 0 Å². The summed E-state index contributed by atoms with van der Waals surface area (Å²) in [6.45, 7) is 9.71. The van der Waals surface area contributed by atoms with E-state index >= 15 is 0 Å². The molecule has 4 nitrogen and oxygen atoms in total. The third kappa shape index (κ3) is 3.69. The van der Waals surface area contributed by atoms with Gasteiger partial charge in [-0.15, -0.1) is 0 Å². The van der Waals surface area contributed by atoms with Crippen LogP contribution in [-0.4, -0.2) is 48.1 Å². The number of nitrogens with one attached hydrogen (secondary N) is 2. The molecule has 2 fully saturated rings. The van der Waals surface area contributed by atoms with Crippen LogP contribution in [0.4, 0.5) is 0 Å². The second-order valence-electron chi connectivity index (χ2n) is 6.59. The van der Waals surface area contributed by atoms with Crippen LogP contribution in [0.3, 0.4) is 0 Å². The maximum absolute atomic E-state index is 12.4. The van der Waals surface area contributed by atoms with Crippen molar-refractivity contribution in [3.05, 3.63) is 0 Å². The van der Waals surface area contributed by atoms with Crippen molar-refractivity contribution < 1.29 is 4.79 Å². The molecule has 2 heterocycles. The molecule has 2 saturated heterocycles. The Morgan fingerprint density at radius 1 is 1.32 bits per heavy atom. The smallest absolute Gasteiger partial charge is 0.240 e. The summed E-state index contributed by atoms with van der Waals surface area (Å²) in [5.41, 5.74) is -0.340. The van der Waals surface area contributed by atoms with Crippen LogP contribution in [0.15, 0.2) is 0 Å². The van der Waals surface area contributed by atoms with Gasteiger partial charge in [-0.2, -0.15) is 0 Å². The fourth-order valence-corrected chi connectivity index (χ4v) is 3.15. The van der Waals surface area contributed by atoms with Crippen LogP contribution < -0.4 is 10.6 Å². The van der Waals surface area contributed by atoms with Crippen molar-refractivity contribution >= 4 is 5.91 Å². The lowest BCUT2D eigenvalue weighted by atomic mass is 9.89. The Hall–Kier alpha value is -0.610. The molecule has 110 valence electrons. The van der Waals surface area contributed by atoms with Gasteiger partial charge < -0.3 is 15.5 Å². The quantitative estimate of drug-likeness (QED) is 0.814. The van der Waals surface area contributed by atoms with Crippen LogP contribution in [0, 0.1) is 0 Å². The number of rotatable bonds is 3. The van der Waals surface area contributed by atoms with Gasteiger partial charge in [0, 0.05) is 25.2 Å². The summed E-state index contributed by atoms with van der Waals surface area (Å²) in [4.78, 5) is 14.9. The van der Waals surface area contributed by atoms with Gasteiger partial charge in [-0.05, 0) is 59.4 Å². The minimum absolute atomic E-state index is 0.204. The first-order valence-electron chi connectivity index (χ1n) is 7.81. The fourth-order valence-electron chi connectivity index (χ4n) is 3.15. The number of amides is 1. The number of nitrogens with zero attached hydrogens (tertiary/aromatic N) is 1. The van der Waals surface area contributed by atoms with Crippen LogP contribution >= 0.6 is 0 Å². The van der Waals surface area contributed by atoms with E-state index in [9.17, 15) is 4.79 Å². The van der Waals surface area contributed by atoms with E-state index in [1.807, 2.05) is 6.92 Å². The van der Waals surface area contributed by atoms with Gasteiger partial charge in [-0.1, -0.05) is 0 Å². The van der Waals surface area contributed by atoms with Gasteiger partial charge >= 0.3 is 0 Å². The summed E-state index contributed by atoms with van der Waals surface area (Å²) >= 11 is 0. The molecule has 0 aromatic rings. The molecule has 0 bridgehead atoms. The van der Waals surface area contributed by atoms with Crippen molar-refractivity contribution in [2.75, 3.05) is 19.6 Å². The Kier molecular flexibility index (Phi) is 4.85. The number of carbonyl (C=O) groups is 1. The third-order valence-electron chi connectivity index (χ3n) is 4.71. The lowest BCUT2D eigenvalue weighted by molar-refractivity contribution is -0.129. The molecule has 2 aliphatic rings. The summed E-state index contributed by atoms with van der Waals surface area (Å²) < 4.78 is 0. The normalized spacial score (nSPS) is 30.5. The topological polar surface area (TPSA) is 44.4 Å². The van der Waals surface area contributed by atoms with Crippen molar-refractivity contribution in [3.8, 4) is 0 Å². The average Bonchev–Trinajstić information content (AvgIpc) is 2.40. The maximum Gasteiger partial charge on any atom is 0.240 e. The minimum Gasteiger partial charge on any atom is -0.352 e. The highest BCUT2D eigenvalue weighted by atomic mass is 16.2. The van der Waals surface area contributed by atoms with Crippen molar-refractivity contribution in [2.24, 2.45) is 0 Å². The molecular formula is C15H29N3O. The monoisotopic (exact) mass is 267 g/mol. The third-order valence-corrected chi connectivity index (χ3v) is 4.71. The molecule has 1 atom stereocenters. The first kappa shape index (κ1) is 14.8. The van der Waals surface area contributed by atoms with Crippen molar-refractivity contribution in [2.45, 2.75) is 70.5 Å². The SMILES string of the molecule is CC(C)N1CCC(NC(=O)C2(C)CCCCN2)CC1. The predicted molar refractivity (Wildman–Crippen MR) is 78.1 cm³/mol. The van der Waals surface area contributed by atoms with Crippen LogP contribution in [-0.2, 0) is 4.79 Å². The zero-order valence-electron chi connectivity index (χ0n) is 12.7. The van der Waals surface area contributed by atoms with E-state index in [4.69, 9.17) is 0 Å². The molecule has 2 rings (SSSR count). The molecule has 2 N–H and O–H groups in total. The van der Waals surface area contributed by atoms with Gasteiger partial charge in [0.15, 0.2) is 0 Å². The van der Waals surface area contributed by atoms with E-state index < -0.39 is 0 Å². The summed E-state index contributed by atoms with van der Waals surface area (Å²) in [5, 5.41) is 6.65. The van der Waals surface area contributed by atoms with Crippen molar-refractivity contribution in [1.29, 1.82) is 0 Å². The van der Waals surface area contributed by atoms with Gasteiger partial charge in [-0.3, -0.25) is 4.79 Å². The molecule has 1 unspecified atom stereocenters. The molecule has 19 heavy (non-hydrogen) atoms. The fraction of sp³-hybridized carbons (Fsp3) is 0.933. The Labute approximate surface area is 117 Å². The lowest BCUT2D eigenvalue weighted by Crippen LogP contribution is -2.59. The molecule has 4 heteroatoms. The number of carbonyl (C=O) groups excluding carboxylic acids is 1. The highest BCUT2D eigenvalue weighted by Crippen LogP contribution is 2.20. The van der Waals surface area contributed by atoms with Crippen LogP contribution in [0.1, 0.15) is 52.9 Å². The van der Waals surface area contributed by atoms with E-state index in [-0.39, 0.29) is 11.4 Å². The zero-order chi connectivity index (χ0) is 13.9. The second-order valence-corrected chi connectivity index (χ2v) is 6.59. The Morgan fingerprint density at radius 2 is 2.00 bits per heavy atom. The van der Waals surface area contributed by atoms with Gasteiger partial charge in [0.2, 0.25) is 5.91 Å². The van der Waals surface area contributed by atoms with Gasteiger partial charge in [0.25, 0.3) is 0 Å². The number of hydrogen-bond acceptors (Lipinski definition) is 3. The minimum atomic E-state index is -0.340. The number of likely N-dealkylation sites (tertiary alicyclic amines) is 1. The molecule has 0 aliphatic carbocycles. The largest absolute Gasteiger partial charge is 0.352 e. The highest BCUT2D eigenvalue weighted by Gasteiger charge is 2.35. The Morgan fingerprint density at radius 3 is 2.53 bits per heavy atom. The first-order valence-corrected chi connectivity index (χ1v) is 7.81. The van der Waals surface area contributed by atoms with Crippen molar-refractivity contribution in [1.82, 2.24) is 15.5 Å². The van der Waals surface area contributed by atoms with Crippen molar-refractivity contribution in [3.63, 3.8) is 0 Å².